The Balaban J connectivity index is 1.45. The number of nitrogens with zero attached hydrogens (tertiary/aromatic N) is 2. The molecule has 9 heteroatoms. The van der Waals surface area contributed by atoms with Crippen LogP contribution in [0, 0.1) is 23.2 Å². The number of nitrogens with two attached hydrogens (primary N) is 1. The molecule has 5 fully saturated rings. The molecule has 0 aromatic carbocycles. The first-order valence-electron chi connectivity index (χ1n) is 10.7. The van der Waals surface area contributed by atoms with E-state index in [1.165, 1.54) is 0 Å². The fourth-order valence-electron chi connectivity index (χ4n) is 7.47. The highest BCUT2D eigenvalue weighted by Gasteiger charge is 2.84. The number of likely N-dealkylation sites (N-methyl/N-ethyl adjacent to an activating group) is 1. The van der Waals surface area contributed by atoms with E-state index in [1.807, 2.05) is 11.9 Å². The Bertz CT molecular complexity index is 946. The van der Waals surface area contributed by atoms with Crippen LogP contribution in [0.15, 0.2) is 22.9 Å². The van der Waals surface area contributed by atoms with Gasteiger partial charge >= 0.3 is 5.97 Å². The molecule has 1 unspecified atom stereocenters. The molecule has 6 heterocycles. The largest absolute Gasteiger partial charge is 0.492 e. The van der Waals surface area contributed by atoms with E-state index in [0.29, 0.717) is 35.4 Å². The summed E-state index contributed by atoms with van der Waals surface area (Å²) in [6, 6.07) is 0.337. The molecule has 0 aliphatic carbocycles. The normalized spacial score (nSPS) is 49.5. The van der Waals surface area contributed by atoms with Crippen LogP contribution in [0.1, 0.15) is 26.7 Å². The molecule has 5 bridgehead atoms. The molecule has 6 rings (SSSR count). The van der Waals surface area contributed by atoms with Crippen molar-refractivity contribution in [3.8, 4) is 0 Å². The fourth-order valence-corrected chi connectivity index (χ4v) is 7.47. The van der Waals surface area contributed by atoms with E-state index in [1.54, 1.807) is 14.0 Å². The second-order valence-electron chi connectivity index (χ2n) is 9.56. The molecule has 5 saturated heterocycles. The quantitative estimate of drug-likeness (QED) is 0.394. The number of cyclic esters (lactones) is 1. The maximum Gasteiger partial charge on any atom is 0.343 e. The molecule has 0 amide bonds. The van der Waals surface area contributed by atoms with Crippen molar-refractivity contribution in [2.24, 2.45) is 23.5 Å². The van der Waals surface area contributed by atoms with Gasteiger partial charge in [0.1, 0.15) is 5.76 Å². The number of nitrogens with one attached hydrogen (secondary N) is 1. The van der Waals surface area contributed by atoms with Gasteiger partial charge in [-0.1, -0.05) is 6.92 Å². The number of rotatable bonds is 3. The second kappa shape index (κ2) is 5.50. The lowest BCUT2D eigenvalue weighted by molar-refractivity contribution is -0.256. The molecule has 6 aliphatic rings. The van der Waals surface area contributed by atoms with Crippen LogP contribution in [0.25, 0.3) is 0 Å². The van der Waals surface area contributed by atoms with Gasteiger partial charge in [-0.25, -0.2) is 4.79 Å². The zero-order chi connectivity index (χ0) is 21.2. The summed E-state index contributed by atoms with van der Waals surface area (Å²) in [6.45, 7) is 5.52. The van der Waals surface area contributed by atoms with Crippen LogP contribution in [-0.2, 0) is 23.7 Å². The Hall–Kier alpha value is -2.26. The van der Waals surface area contributed by atoms with Crippen molar-refractivity contribution in [3.63, 3.8) is 0 Å². The minimum atomic E-state index is -0.721. The number of fused-ring (bicyclic) bond motifs is 1. The minimum Gasteiger partial charge on any atom is -0.492 e. The lowest BCUT2D eigenvalue weighted by Crippen LogP contribution is -2.64. The van der Waals surface area contributed by atoms with E-state index in [-0.39, 0.29) is 35.4 Å². The van der Waals surface area contributed by atoms with E-state index < -0.39 is 11.8 Å². The number of carbonyl (C=O) groups excluding carboxylic acids is 1. The molecule has 0 aromatic heterocycles. The van der Waals surface area contributed by atoms with Crippen molar-refractivity contribution in [1.82, 2.24) is 9.80 Å². The van der Waals surface area contributed by atoms with Gasteiger partial charge in [0.2, 0.25) is 11.5 Å². The maximum atomic E-state index is 12.2. The standard InChI is InChI=1S/C21H28N4O5/c1-9-14-11-7-13-20(8-24(3)19(22)23)12(5-6-25(11)20)21(14,29-13)30-16(9)17-15(27-4)10(2)18(26)28-17/h9,11-14H,5-8H2,1-4H3,(H3,22,23)/b17-16-/t9-,11-,12+,13-,14+,20+,21+/m0/s1. The van der Waals surface area contributed by atoms with Crippen LogP contribution in [0.4, 0.5) is 0 Å². The van der Waals surface area contributed by atoms with Crippen molar-refractivity contribution in [2.45, 2.75) is 50.2 Å². The summed E-state index contributed by atoms with van der Waals surface area (Å²) in [5.74, 6) is 0.859. The van der Waals surface area contributed by atoms with Crippen molar-refractivity contribution < 1.29 is 23.7 Å². The topological polar surface area (TPSA) is 110 Å². The summed E-state index contributed by atoms with van der Waals surface area (Å²) in [7, 11) is 3.42. The van der Waals surface area contributed by atoms with Crippen LogP contribution in [-0.4, -0.2) is 72.4 Å². The fraction of sp³-hybridized carbons (Fsp3) is 0.714. The molecule has 9 nitrogen and oxygen atoms in total. The monoisotopic (exact) mass is 416 g/mol. The van der Waals surface area contributed by atoms with Crippen LogP contribution in [0.5, 0.6) is 0 Å². The molecule has 0 aromatic rings. The number of methoxy groups -OCH3 is 1. The molecule has 162 valence electrons. The van der Waals surface area contributed by atoms with Crippen LogP contribution in [0.3, 0.4) is 0 Å². The predicted molar refractivity (Wildman–Crippen MR) is 105 cm³/mol. The van der Waals surface area contributed by atoms with Gasteiger partial charge < -0.3 is 29.6 Å². The molecule has 0 saturated carbocycles. The highest BCUT2D eigenvalue weighted by atomic mass is 16.7. The summed E-state index contributed by atoms with van der Waals surface area (Å²) in [4.78, 5) is 16.6. The lowest BCUT2D eigenvalue weighted by atomic mass is 9.70. The smallest absolute Gasteiger partial charge is 0.343 e. The molecular weight excluding hydrogens is 388 g/mol. The van der Waals surface area contributed by atoms with Crippen LogP contribution < -0.4 is 5.73 Å². The number of ether oxygens (including phenoxy) is 4. The highest BCUT2D eigenvalue weighted by Crippen LogP contribution is 2.72. The van der Waals surface area contributed by atoms with Crippen LogP contribution in [0.2, 0.25) is 0 Å². The summed E-state index contributed by atoms with van der Waals surface area (Å²) >= 11 is 0. The SMILES string of the molecule is COC1=C(C)C(=O)O/C1=C1\O[C@@]23O[C@H]4C[C@@H]([C@H]2[C@@H]1C)N1CC[C@@H]3[C@]41CN(C)C(=N)N. The Kier molecular flexibility index (Phi) is 3.39. The number of piperidine rings is 1. The van der Waals surface area contributed by atoms with Crippen molar-refractivity contribution in [2.75, 3.05) is 27.2 Å². The van der Waals surface area contributed by atoms with Gasteiger partial charge in [0.15, 0.2) is 11.7 Å². The van der Waals surface area contributed by atoms with Crippen molar-refractivity contribution >= 4 is 11.9 Å². The second-order valence-corrected chi connectivity index (χ2v) is 9.56. The molecule has 30 heavy (non-hydrogen) atoms. The van der Waals surface area contributed by atoms with Crippen molar-refractivity contribution in [3.05, 3.63) is 22.9 Å². The third-order valence-electron chi connectivity index (χ3n) is 8.50. The summed E-state index contributed by atoms with van der Waals surface area (Å²) in [5, 5.41) is 7.87. The van der Waals surface area contributed by atoms with Gasteiger partial charge in [-0.2, -0.15) is 0 Å². The van der Waals surface area contributed by atoms with E-state index in [9.17, 15) is 4.79 Å². The average molecular weight is 416 g/mol. The number of hydrogen-bond acceptors (Lipinski definition) is 7. The van der Waals surface area contributed by atoms with Gasteiger partial charge in [-0.3, -0.25) is 10.3 Å². The molecular formula is C21H28N4O5. The van der Waals surface area contributed by atoms with Crippen molar-refractivity contribution in [1.29, 1.82) is 5.41 Å². The number of guanidine groups is 1. The van der Waals surface area contributed by atoms with Gasteiger partial charge in [-0.05, 0) is 26.3 Å². The third-order valence-corrected chi connectivity index (χ3v) is 8.50. The summed E-state index contributed by atoms with van der Waals surface area (Å²) in [6.07, 6.45) is 1.99. The summed E-state index contributed by atoms with van der Waals surface area (Å²) < 4.78 is 24.5. The van der Waals surface area contributed by atoms with Crippen LogP contribution >= 0.6 is 0 Å². The number of allylic oxidation sites excluding steroid dienone is 1. The maximum absolute atomic E-state index is 12.2. The first-order chi connectivity index (χ1) is 14.3. The zero-order valence-corrected chi connectivity index (χ0v) is 17.7. The average Bonchev–Trinajstić information content (AvgIpc) is 3.40. The molecule has 1 spiro atoms. The molecule has 6 aliphatic heterocycles. The third kappa shape index (κ3) is 1.79. The first-order valence-corrected chi connectivity index (χ1v) is 10.7. The highest BCUT2D eigenvalue weighted by molar-refractivity contribution is 5.93. The van der Waals surface area contributed by atoms with Gasteiger partial charge in [0.05, 0.1) is 30.2 Å². The first kappa shape index (κ1) is 18.5. The molecule has 0 radical (unpaired) electrons. The summed E-state index contributed by atoms with van der Waals surface area (Å²) in [5.41, 5.74) is 6.05. The molecule has 8 atom stereocenters. The molecule has 3 N–H and O–H groups in total. The van der Waals surface area contributed by atoms with Gasteiger partial charge in [0.25, 0.3) is 0 Å². The van der Waals surface area contributed by atoms with Gasteiger partial charge in [-0.15, -0.1) is 0 Å². The minimum absolute atomic E-state index is 0.0412. The lowest BCUT2D eigenvalue weighted by Gasteiger charge is -2.49. The zero-order valence-electron chi connectivity index (χ0n) is 17.7. The van der Waals surface area contributed by atoms with Gasteiger partial charge in [0, 0.05) is 31.5 Å². The van der Waals surface area contributed by atoms with E-state index >= 15 is 0 Å². The number of hydrogen-bond donors (Lipinski definition) is 2. The Labute approximate surface area is 175 Å². The Morgan fingerprint density at radius 2 is 2.23 bits per heavy atom. The van der Waals surface area contributed by atoms with E-state index in [0.717, 1.165) is 19.4 Å². The van der Waals surface area contributed by atoms with E-state index in [4.69, 9.17) is 30.1 Å². The number of esters is 1. The van der Waals surface area contributed by atoms with E-state index in [2.05, 4.69) is 11.8 Å². The Morgan fingerprint density at radius 3 is 2.93 bits per heavy atom. The predicted octanol–water partition coefficient (Wildman–Crippen LogP) is 0.725. The number of carbonyl (C=O) groups is 1. The Morgan fingerprint density at radius 1 is 1.47 bits per heavy atom.